The molecule has 0 unspecified atom stereocenters. The van der Waals surface area contributed by atoms with Crippen LogP contribution in [0.2, 0.25) is 0 Å². The molecular weight excluding hydrogens is 258 g/mol. The van der Waals surface area contributed by atoms with E-state index in [-0.39, 0.29) is 5.91 Å². The van der Waals surface area contributed by atoms with Gasteiger partial charge in [0.05, 0.1) is 0 Å². The van der Waals surface area contributed by atoms with Crippen LogP contribution < -0.4 is 0 Å². The van der Waals surface area contributed by atoms with Crippen molar-refractivity contribution in [3.05, 3.63) is 47.7 Å². The topological polar surface area (TPSA) is 20.3 Å². The van der Waals surface area contributed by atoms with Crippen molar-refractivity contribution in [3.8, 4) is 0 Å². The van der Waals surface area contributed by atoms with E-state index in [9.17, 15) is 4.79 Å². The Morgan fingerprint density at radius 2 is 1.71 bits per heavy atom. The van der Waals surface area contributed by atoms with E-state index in [0.717, 1.165) is 24.9 Å². The number of rotatable bonds is 2. The van der Waals surface area contributed by atoms with Crippen LogP contribution in [0.15, 0.2) is 36.5 Å². The second-order valence-corrected chi connectivity index (χ2v) is 6.34. The molecule has 1 saturated carbocycles. The molecule has 0 atom stereocenters. The monoisotopic (exact) mass is 283 g/mol. The number of hydrogen-bond donors (Lipinski definition) is 0. The van der Waals surface area contributed by atoms with Crippen LogP contribution in [0.1, 0.15) is 73.2 Å². The van der Waals surface area contributed by atoms with Crippen molar-refractivity contribution >= 4 is 5.91 Å². The van der Waals surface area contributed by atoms with Crippen LogP contribution in [-0.4, -0.2) is 17.4 Å². The Balaban J connectivity index is 1.69. The number of allylic oxidation sites excluding steroid dienone is 1. The van der Waals surface area contributed by atoms with Crippen LogP contribution in [0.3, 0.4) is 0 Å². The van der Waals surface area contributed by atoms with Gasteiger partial charge in [-0.25, -0.2) is 0 Å². The minimum absolute atomic E-state index is 0.142. The van der Waals surface area contributed by atoms with Gasteiger partial charge in [0.15, 0.2) is 0 Å². The number of amides is 1. The number of benzene rings is 1. The van der Waals surface area contributed by atoms with Crippen LogP contribution in [0.5, 0.6) is 0 Å². The van der Waals surface area contributed by atoms with Crippen molar-refractivity contribution in [1.82, 2.24) is 4.90 Å². The molecule has 2 nitrogen and oxygen atoms in total. The van der Waals surface area contributed by atoms with Crippen LogP contribution in [0, 0.1) is 0 Å². The third-order valence-electron chi connectivity index (χ3n) is 4.80. The van der Waals surface area contributed by atoms with Gasteiger partial charge >= 0.3 is 0 Å². The third kappa shape index (κ3) is 3.55. The van der Waals surface area contributed by atoms with Gasteiger partial charge in [-0.15, -0.1) is 0 Å². The number of nitrogens with zero attached hydrogens (tertiary/aromatic N) is 1. The first kappa shape index (κ1) is 14.4. The highest BCUT2D eigenvalue weighted by Gasteiger charge is 2.17. The minimum atomic E-state index is 0.142. The number of carbonyl (C=O) groups is 1. The van der Waals surface area contributed by atoms with E-state index < -0.39 is 0 Å². The highest BCUT2D eigenvalue weighted by atomic mass is 16.2. The lowest BCUT2D eigenvalue weighted by Crippen LogP contribution is -2.26. The fraction of sp³-hybridized carbons (Fsp3) is 0.526. The molecule has 21 heavy (non-hydrogen) atoms. The zero-order valence-electron chi connectivity index (χ0n) is 12.8. The average molecular weight is 283 g/mol. The van der Waals surface area contributed by atoms with Crippen molar-refractivity contribution in [1.29, 1.82) is 0 Å². The second-order valence-electron chi connectivity index (χ2n) is 6.34. The second kappa shape index (κ2) is 6.93. The van der Waals surface area contributed by atoms with Crippen molar-refractivity contribution in [2.75, 3.05) is 6.54 Å². The van der Waals surface area contributed by atoms with E-state index in [1.54, 1.807) is 0 Å². The van der Waals surface area contributed by atoms with E-state index >= 15 is 0 Å². The number of carbonyl (C=O) groups excluding carboxylic acids is 1. The van der Waals surface area contributed by atoms with Gasteiger partial charge in [-0.3, -0.25) is 4.79 Å². The SMILES string of the molecule is O=C(c1ccc(C2CCCCC2)cc1)N1C=CCCCC1. The zero-order chi connectivity index (χ0) is 14.5. The molecular formula is C19H25NO. The Labute approximate surface area is 127 Å². The summed E-state index contributed by atoms with van der Waals surface area (Å²) < 4.78 is 0. The lowest BCUT2D eigenvalue weighted by atomic mass is 9.84. The van der Waals surface area contributed by atoms with Gasteiger partial charge in [0.25, 0.3) is 5.91 Å². The molecule has 0 bridgehead atoms. The Morgan fingerprint density at radius 3 is 2.48 bits per heavy atom. The Hall–Kier alpha value is -1.57. The summed E-state index contributed by atoms with van der Waals surface area (Å²) in [6, 6.07) is 8.38. The first-order valence-electron chi connectivity index (χ1n) is 8.42. The molecule has 1 aliphatic carbocycles. The fourth-order valence-electron chi connectivity index (χ4n) is 3.49. The van der Waals surface area contributed by atoms with Gasteiger partial charge in [-0.05, 0) is 55.7 Å². The van der Waals surface area contributed by atoms with Crippen LogP contribution >= 0.6 is 0 Å². The van der Waals surface area contributed by atoms with E-state index in [1.807, 2.05) is 23.2 Å². The van der Waals surface area contributed by atoms with Gasteiger partial charge < -0.3 is 4.90 Å². The minimum Gasteiger partial charge on any atom is -0.315 e. The van der Waals surface area contributed by atoms with E-state index in [2.05, 4.69) is 18.2 Å². The van der Waals surface area contributed by atoms with E-state index in [4.69, 9.17) is 0 Å². The number of hydrogen-bond acceptors (Lipinski definition) is 1. The summed E-state index contributed by atoms with van der Waals surface area (Å²) in [7, 11) is 0. The lowest BCUT2D eigenvalue weighted by Gasteiger charge is -2.22. The van der Waals surface area contributed by atoms with Crippen molar-refractivity contribution in [3.63, 3.8) is 0 Å². The predicted molar refractivity (Wildman–Crippen MR) is 86.3 cm³/mol. The van der Waals surface area contributed by atoms with Gasteiger partial charge in [-0.1, -0.05) is 37.5 Å². The molecule has 1 aromatic rings. The largest absolute Gasteiger partial charge is 0.315 e. The molecule has 0 aromatic heterocycles. The molecule has 1 fully saturated rings. The highest BCUT2D eigenvalue weighted by molar-refractivity contribution is 5.94. The molecule has 1 aromatic carbocycles. The van der Waals surface area contributed by atoms with Crippen molar-refractivity contribution in [2.24, 2.45) is 0 Å². The average Bonchev–Trinajstić information content (AvgIpc) is 2.84. The third-order valence-corrected chi connectivity index (χ3v) is 4.80. The van der Waals surface area contributed by atoms with Crippen LogP contribution in [0.4, 0.5) is 0 Å². The Bertz CT molecular complexity index is 497. The predicted octanol–water partition coefficient (Wildman–Crippen LogP) is 4.87. The van der Waals surface area contributed by atoms with Gasteiger partial charge in [-0.2, -0.15) is 0 Å². The molecule has 2 heteroatoms. The summed E-state index contributed by atoms with van der Waals surface area (Å²) in [5.41, 5.74) is 2.23. The lowest BCUT2D eigenvalue weighted by molar-refractivity contribution is 0.0822. The first-order chi connectivity index (χ1) is 10.3. The summed E-state index contributed by atoms with van der Waals surface area (Å²) in [6.07, 6.45) is 14.1. The molecule has 0 radical (unpaired) electrons. The molecule has 1 aliphatic heterocycles. The maximum absolute atomic E-state index is 12.5. The standard InChI is InChI=1S/C19H25NO/c21-19(20-14-6-1-2-7-15-20)18-12-10-17(11-13-18)16-8-4-3-5-9-16/h6,10-14,16H,1-5,7-9,15H2. The Morgan fingerprint density at radius 1 is 0.952 bits per heavy atom. The molecule has 0 spiro atoms. The summed E-state index contributed by atoms with van der Waals surface area (Å²) in [5, 5.41) is 0. The molecule has 2 aliphatic rings. The molecule has 1 amide bonds. The summed E-state index contributed by atoms with van der Waals surface area (Å²) in [5.74, 6) is 0.851. The van der Waals surface area contributed by atoms with Crippen molar-refractivity contribution in [2.45, 2.75) is 57.3 Å². The highest BCUT2D eigenvalue weighted by Crippen LogP contribution is 2.32. The Kier molecular flexibility index (Phi) is 4.74. The van der Waals surface area contributed by atoms with Crippen LogP contribution in [-0.2, 0) is 0 Å². The van der Waals surface area contributed by atoms with Gasteiger partial charge in [0, 0.05) is 18.3 Å². The van der Waals surface area contributed by atoms with Crippen LogP contribution in [0.25, 0.3) is 0 Å². The fourth-order valence-corrected chi connectivity index (χ4v) is 3.49. The molecule has 0 N–H and O–H groups in total. The maximum atomic E-state index is 12.5. The molecule has 3 rings (SSSR count). The quantitative estimate of drug-likeness (QED) is 0.758. The summed E-state index contributed by atoms with van der Waals surface area (Å²) >= 11 is 0. The normalized spacial score (nSPS) is 20.3. The maximum Gasteiger partial charge on any atom is 0.257 e. The van der Waals surface area contributed by atoms with E-state index in [1.165, 1.54) is 44.1 Å². The summed E-state index contributed by atoms with van der Waals surface area (Å²) in [6.45, 7) is 0.847. The van der Waals surface area contributed by atoms with Crippen molar-refractivity contribution < 1.29 is 4.79 Å². The molecule has 0 saturated heterocycles. The van der Waals surface area contributed by atoms with E-state index in [0.29, 0.717) is 5.92 Å². The molecule has 1 heterocycles. The van der Waals surface area contributed by atoms with Gasteiger partial charge in [0.1, 0.15) is 0 Å². The van der Waals surface area contributed by atoms with Gasteiger partial charge in [0.2, 0.25) is 0 Å². The summed E-state index contributed by atoms with van der Waals surface area (Å²) in [4.78, 5) is 14.4. The molecule has 112 valence electrons. The smallest absolute Gasteiger partial charge is 0.257 e. The zero-order valence-corrected chi connectivity index (χ0v) is 12.8. The first-order valence-corrected chi connectivity index (χ1v) is 8.42.